The Balaban J connectivity index is 1.79. The summed E-state index contributed by atoms with van der Waals surface area (Å²) in [5, 5.41) is 23.1. The van der Waals surface area contributed by atoms with E-state index in [-0.39, 0.29) is 28.8 Å². The van der Waals surface area contributed by atoms with E-state index in [9.17, 15) is 18.6 Å². The Morgan fingerprint density at radius 3 is 1.95 bits per heavy atom. The van der Waals surface area contributed by atoms with Gasteiger partial charge < -0.3 is 14.6 Å². The molecule has 1 heterocycles. The van der Waals surface area contributed by atoms with Crippen molar-refractivity contribution in [3.8, 4) is 5.75 Å². The molecule has 198 valence electrons. The maximum Gasteiger partial charge on any atom is 0.261 e. The molecule has 4 rings (SSSR count). The van der Waals surface area contributed by atoms with E-state index in [0.29, 0.717) is 12.8 Å². The summed E-state index contributed by atoms with van der Waals surface area (Å²) in [7, 11) is -6.87. The minimum atomic E-state index is -3.93. The number of nitrogens with zero attached hydrogens (tertiary/aromatic N) is 1. The highest BCUT2D eigenvalue weighted by Crippen LogP contribution is 2.39. The predicted molar refractivity (Wildman–Crippen MR) is 149 cm³/mol. The van der Waals surface area contributed by atoms with E-state index < -0.39 is 30.0 Å². The fraction of sp³-hybridized carbons (Fsp3) is 0.379. The minimum absolute atomic E-state index is 0.00356. The van der Waals surface area contributed by atoms with Crippen molar-refractivity contribution in [1.29, 1.82) is 0 Å². The summed E-state index contributed by atoms with van der Waals surface area (Å²) in [5.74, 6) is -0.00356. The van der Waals surface area contributed by atoms with Gasteiger partial charge in [0.1, 0.15) is 5.75 Å². The summed E-state index contributed by atoms with van der Waals surface area (Å²) in [5.41, 5.74) is -1.27. The van der Waals surface area contributed by atoms with Crippen molar-refractivity contribution in [2.75, 3.05) is 13.2 Å². The number of hydrogen-bond donors (Lipinski definition) is 2. The molecule has 0 amide bonds. The van der Waals surface area contributed by atoms with E-state index in [1.165, 1.54) is 28.6 Å². The maximum atomic E-state index is 13.7. The van der Waals surface area contributed by atoms with Gasteiger partial charge in [-0.05, 0) is 59.4 Å². The largest absolute Gasteiger partial charge is 0.508 e. The van der Waals surface area contributed by atoms with Gasteiger partial charge in [-0.15, -0.1) is 0 Å². The Morgan fingerprint density at radius 1 is 0.946 bits per heavy atom. The van der Waals surface area contributed by atoms with Crippen LogP contribution in [0.5, 0.6) is 5.75 Å². The molecule has 0 bridgehead atoms. The van der Waals surface area contributed by atoms with Crippen molar-refractivity contribution in [2.45, 2.75) is 62.1 Å². The summed E-state index contributed by atoms with van der Waals surface area (Å²) in [6, 6.07) is 25.1. The fourth-order valence-corrected chi connectivity index (χ4v) is 11.8. The van der Waals surface area contributed by atoms with Crippen LogP contribution in [-0.2, 0) is 14.4 Å². The van der Waals surface area contributed by atoms with E-state index in [4.69, 9.17) is 4.43 Å². The van der Waals surface area contributed by atoms with Crippen LogP contribution < -0.4 is 10.4 Å². The average molecular weight is 540 g/mol. The second kappa shape index (κ2) is 10.3. The average Bonchev–Trinajstić information content (AvgIpc) is 2.85. The quantitative estimate of drug-likeness (QED) is 0.445. The Bertz CT molecular complexity index is 1250. The fourth-order valence-electron chi connectivity index (χ4n) is 5.49. The summed E-state index contributed by atoms with van der Waals surface area (Å²) in [4.78, 5) is 0.0819. The third-order valence-electron chi connectivity index (χ3n) is 7.44. The molecule has 3 aromatic carbocycles. The van der Waals surface area contributed by atoms with Crippen molar-refractivity contribution < 1.29 is 23.1 Å². The lowest BCUT2D eigenvalue weighted by Crippen LogP contribution is -2.69. The van der Waals surface area contributed by atoms with Crippen molar-refractivity contribution in [3.63, 3.8) is 0 Å². The number of hydrogen-bond acceptors (Lipinski definition) is 5. The first-order valence-electron chi connectivity index (χ1n) is 12.7. The monoisotopic (exact) mass is 539 g/mol. The molecule has 6 nitrogen and oxygen atoms in total. The first-order valence-corrected chi connectivity index (χ1v) is 16.0. The summed E-state index contributed by atoms with van der Waals surface area (Å²) >= 11 is 0. The molecular weight excluding hydrogens is 502 g/mol. The highest BCUT2D eigenvalue weighted by Gasteiger charge is 2.53. The molecule has 1 saturated heterocycles. The van der Waals surface area contributed by atoms with E-state index in [1.807, 2.05) is 36.4 Å². The molecule has 0 radical (unpaired) electrons. The van der Waals surface area contributed by atoms with Crippen molar-refractivity contribution in [2.24, 2.45) is 0 Å². The lowest BCUT2D eigenvalue weighted by Gasteiger charge is -2.48. The van der Waals surface area contributed by atoms with Gasteiger partial charge in [0.05, 0.1) is 23.1 Å². The number of aromatic hydroxyl groups is 1. The van der Waals surface area contributed by atoms with E-state index in [0.717, 1.165) is 10.4 Å². The van der Waals surface area contributed by atoms with Gasteiger partial charge in [0, 0.05) is 6.54 Å². The van der Waals surface area contributed by atoms with Crippen LogP contribution in [0.3, 0.4) is 0 Å². The van der Waals surface area contributed by atoms with Crippen LogP contribution in [0.4, 0.5) is 0 Å². The molecule has 37 heavy (non-hydrogen) atoms. The van der Waals surface area contributed by atoms with Gasteiger partial charge in [-0.2, -0.15) is 4.31 Å². The van der Waals surface area contributed by atoms with Gasteiger partial charge in [-0.3, -0.25) is 0 Å². The van der Waals surface area contributed by atoms with Crippen molar-refractivity contribution in [3.05, 3.63) is 84.9 Å². The lowest BCUT2D eigenvalue weighted by molar-refractivity contribution is -0.0549. The second-order valence-electron chi connectivity index (χ2n) is 11.1. The zero-order valence-corrected chi connectivity index (χ0v) is 23.8. The predicted octanol–water partition coefficient (Wildman–Crippen LogP) is 3.87. The van der Waals surface area contributed by atoms with Gasteiger partial charge in [0.15, 0.2) is 0 Å². The number of rotatable bonds is 7. The van der Waals surface area contributed by atoms with Crippen LogP contribution in [0.25, 0.3) is 0 Å². The molecule has 3 aromatic rings. The Morgan fingerprint density at radius 2 is 1.46 bits per heavy atom. The van der Waals surface area contributed by atoms with Crippen LogP contribution >= 0.6 is 0 Å². The molecule has 0 aliphatic carbocycles. The molecule has 2 atom stereocenters. The maximum absolute atomic E-state index is 13.7. The third-order valence-corrected chi connectivity index (χ3v) is 14.4. The molecule has 0 saturated carbocycles. The third kappa shape index (κ3) is 5.26. The molecule has 0 spiro atoms. The number of aliphatic hydroxyl groups is 1. The minimum Gasteiger partial charge on any atom is -0.508 e. The molecule has 1 fully saturated rings. The van der Waals surface area contributed by atoms with Crippen LogP contribution in [0, 0.1) is 0 Å². The number of phenols is 1. The molecule has 0 aromatic heterocycles. The smallest absolute Gasteiger partial charge is 0.261 e. The first-order chi connectivity index (χ1) is 17.4. The molecule has 2 N–H and O–H groups in total. The normalized spacial score (nSPS) is 21.6. The molecule has 8 heteroatoms. The number of sulfonamides is 1. The summed E-state index contributed by atoms with van der Waals surface area (Å²) in [6.07, 6.45) is 1.02. The number of piperidine rings is 1. The zero-order chi connectivity index (χ0) is 26.9. The zero-order valence-electron chi connectivity index (χ0n) is 22.0. The SMILES string of the molecule is CC1(O)CCCN(S(=O)(=O)c2ccc(O)cc2)C1CO[Si](c1ccccc1)(c1ccccc1)C(C)(C)C. The Kier molecular flexibility index (Phi) is 7.70. The van der Waals surface area contributed by atoms with Crippen LogP contribution in [0.15, 0.2) is 89.8 Å². The van der Waals surface area contributed by atoms with Gasteiger partial charge in [0.2, 0.25) is 10.0 Å². The highest BCUT2D eigenvalue weighted by atomic mass is 32.2. The topological polar surface area (TPSA) is 87.1 Å². The van der Waals surface area contributed by atoms with Crippen LogP contribution in [-0.4, -0.2) is 56.0 Å². The molecular formula is C29H37NO5SSi. The first kappa shape index (κ1) is 27.5. The highest BCUT2D eigenvalue weighted by molar-refractivity contribution is 7.89. The van der Waals surface area contributed by atoms with Gasteiger partial charge in [-0.25, -0.2) is 8.42 Å². The summed E-state index contributed by atoms with van der Waals surface area (Å²) in [6.45, 7) is 8.55. The number of phenolic OH excluding ortho intramolecular Hbond substituents is 1. The van der Waals surface area contributed by atoms with Crippen molar-refractivity contribution >= 4 is 28.7 Å². The van der Waals surface area contributed by atoms with E-state index >= 15 is 0 Å². The molecule has 2 unspecified atom stereocenters. The van der Waals surface area contributed by atoms with Gasteiger partial charge >= 0.3 is 0 Å². The standard InChI is InChI=1S/C29H37NO5SSi/c1-28(2,3)37(25-12-7-5-8-13-25,26-14-9-6-10-15-26)35-22-27-29(4,32)20-11-21-30(27)36(33,34)24-18-16-23(31)17-19-24/h5-10,12-19,27,31-32H,11,20-22H2,1-4H3. The van der Waals surface area contributed by atoms with Crippen LogP contribution in [0.1, 0.15) is 40.5 Å². The van der Waals surface area contributed by atoms with Gasteiger partial charge in [-0.1, -0.05) is 81.4 Å². The molecule has 1 aliphatic rings. The second-order valence-corrected chi connectivity index (χ2v) is 17.3. The number of benzene rings is 3. The van der Waals surface area contributed by atoms with Crippen molar-refractivity contribution in [1.82, 2.24) is 4.31 Å². The van der Waals surface area contributed by atoms with Gasteiger partial charge in [0.25, 0.3) is 8.32 Å². The Labute approximate surface area is 221 Å². The van der Waals surface area contributed by atoms with Crippen LogP contribution in [0.2, 0.25) is 5.04 Å². The van der Waals surface area contributed by atoms with E-state index in [2.05, 4.69) is 45.0 Å². The molecule has 1 aliphatic heterocycles. The Hall–Kier alpha value is -2.49. The lowest BCUT2D eigenvalue weighted by atomic mass is 9.88. The van der Waals surface area contributed by atoms with E-state index in [1.54, 1.807) is 6.92 Å². The summed E-state index contributed by atoms with van der Waals surface area (Å²) < 4.78 is 35.9.